The summed E-state index contributed by atoms with van der Waals surface area (Å²) in [5.74, 6) is 0. The largest absolute Gasteiger partial charge is 0.405 e. The number of rotatable bonds is 3. The molecule has 0 heterocycles. The van der Waals surface area contributed by atoms with Crippen molar-refractivity contribution >= 4 is 0 Å². The smallest absolute Gasteiger partial charge is 0.213 e. The molecular weight excluding hydrogens is 120 g/mol. The average Bonchev–Trinajstić information content (AvgIpc) is 1.82. The molecule has 0 saturated heterocycles. The van der Waals surface area contributed by atoms with Gasteiger partial charge in [-0.15, -0.1) is 0 Å². The minimum atomic E-state index is -0.523. The lowest BCUT2D eigenvalue weighted by atomic mass is 10.2. The van der Waals surface area contributed by atoms with Gasteiger partial charge in [0.15, 0.2) is 0 Å². The maximum absolute atomic E-state index is 9.94. The minimum absolute atomic E-state index is 0.333. The first-order chi connectivity index (χ1) is 4.18. The molecule has 0 fully saturated rings. The Morgan fingerprint density at radius 1 is 1.89 bits per heavy atom. The van der Waals surface area contributed by atoms with Crippen LogP contribution >= 0.6 is 0 Å². The highest BCUT2D eigenvalue weighted by atomic mass is 16.6. The van der Waals surface area contributed by atoms with E-state index in [1.807, 2.05) is 0 Å². The molecule has 0 aliphatic carbocycles. The first kappa shape index (κ1) is 7.94. The van der Waals surface area contributed by atoms with Crippen LogP contribution in [0.4, 0.5) is 0 Å². The third-order valence-corrected chi connectivity index (χ3v) is 0.973. The topological polar surface area (TPSA) is 69.2 Å². The highest BCUT2D eigenvalue weighted by Gasteiger charge is 2.08. The maximum Gasteiger partial charge on any atom is 0.213 e. The highest BCUT2D eigenvalue weighted by molar-refractivity contribution is 4.77. The Bertz CT molecular complexity index is 122. The van der Waals surface area contributed by atoms with Crippen molar-refractivity contribution in [3.63, 3.8) is 0 Å². The second-order valence-corrected chi connectivity index (χ2v) is 1.80. The van der Waals surface area contributed by atoms with E-state index < -0.39 is 6.04 Å². The number of hydrogen-bond donors (Lipinski definition) is 1. The molecule has 0 rings (SSSR count). The van der Waals surface area contributed by atoms with Gasteiger partial charge in [0.1, 0.15) is 0 Å². The third-order valence-electron chi connectivity index (χ3n) is 0.973. The van der Waals surface area contributed by atoms with E-state index in [-0.39, 0.29) is 4.92 Å². The van der Waals surface area contributed by atoms with Crippen molar-refractivity contribution in [1.82, 2.24) is 0 Å². The Hall–Kier alpha value is -1.06. The summed E-state index contributed by atoms with van der Waals surface area (Å²) in [7, 11) is 0. The van der Waals surface area contributed by atoms with Gasteiger partial charge in [0.25, 0.3) is 0 Å². The lowest BCUT2D eigenvalue weighted by molar-refractivity contribution is -0.517. The van der Waals surface area contributed by atoms with Gasteiger partial charge in [-0.3, -0.25) is 10.1 Å². The van der Waals surface area contributed by atoms with Crippen LogP contribution in [0.1, 0.15) is 13.3 Å². The zero-order chi connectivity index (χ0) is 7.28. The van der Waals surface area contributed by atoms with Gasteiger partial charge >= 0.3 is 0 Å². The van der Waals surface area contributed by atoms with Gasteiger partial charge in [-0.2, -0.15) is 0 Å². The molecule has 2 N–H and O–H groups in total. The van der Waals surface area contributed by atoms with Crippen LogP contribution in [0.2, 0.25) is 0 Å². The molecular formula is C5H10N2O2. The van der Waals surface area contributed by atoms with Crippen molar-refractivity contribution in [3.05, 3.63) is 22.4 Å². The quantitative estimate of drug-likeness (QED) is 0.447. The van der Waals surface area contributed by atoms with Crippen LogP contribution < -0.4 is 5.73 Å². The molecule has 1 atom stereocenters. The van der Waals surface area contributed by atoms with E-state index in [9.17, 15) is 10.1 Å². The van der Waals surface area contributed by atoms with Crippen LogP contribution in [0.25, 0.3) is 0 Å². The Balaban J connectivity index is 3.50. The molecule has 52 valence electrons. The highest BCUT2D eigenvalue weighted by Crippen LogP contribution is 1.94. The van der Waals surface area contributed by atoms with E-state index in [0.29, 0.717) is 6.42 Å². The molecule has 0 saturated carbocycles. The molecule has 0 aromatic heterocycles. The Morgan fingerprint density at radius 2 is 2.44 bits per heavy atom. The van der Waals surface area contributed by atoms with Crippen molar-refractivity contribution in [1.29, 1.82) is 0 Å². The summed E-state index contributed by atoms with van der Waals surface area (Å²) in [5, 5.41) is 9.94. The summed E-state index contributed by atoms with van der Waals surface area (Å²) in [6, 6.07) is -0.523. The summed E-state index contributed by atoms with van der Waals surface area (Å²) in [6.45, 7) is 1.54. The molecule has 4 nitrogen and oxygen atoms in total. The van der Waals surface area contributed by atoms with Gasteiger partial charge in [0.05, 0.1) is 0 Å². The summed E-state index contributed by atoms with van der Waals surface area (Å²) >= 11 is 0. The Labute approximate surface area is 53.5 Å². The molecule has 0 spiro atoms. The fourth-order valence-corrected chi connectivity index (χ4v) is 0.362. The molecule has 4 heteroatoms. The summed E-state index contributed by atoms with van der Waals surface area (Å²) in [5.41, 5.74) is 4.97. The van der Waals surface area contributed by atoms with Crippen LogP contribution in [-0.4, -0.2) is 11.0 Å². The summed E-state index contributed by atoms with van der Waals surface area (Å²) in [6.07, 6.45) is 3.30. The number of nitrogens with zero attached hydrogens (tertiary/aromatic N) is 1. The predicted molar refractivity (Wildman–Crippen MR) is 34.4 cm³/mol. The van der Waals surface area contributed by atoms with Crippen molar-refractivity contribution in [2.45, 2.75) is 19.4 Å². The Morgan fingerprint density at radius 3 is 2.78 bits per heavy atom. The lowest BCUT2D eigenvalue weighted by Crippen LogP contribution is -2.13. The van der Waals surface area contributed by atoms with Gasteiger partial charge in [-0.1, -0.05) is 6.08 Å². The minimum Gasteiger partial charge on any atom is -0.405 e. The molecule has 0 amide bonds. The zero-order valence-corrected chi connectivity index (χ0v) is 5.28. The van der Waals surface area contributed by atoms with Crippen molar-refractivity contribution in [2.24, 2.45) is 5.73 Å². The zero-order valence-electron chi connectivity index (χ0n) is 5.28. The average molecular weight is 130 g/mol. The van der Waals surface area contributed by atoms with Crippen LogP contribution in [0.15, 0.2) is 12.3 Å². The normalized spacial score (nSPS) is 13.9. The summed E-state index contributed by atoms with van der Waals surface area (Å²) in [4.78, 5) is 9.60. The van der Waals surface area contributed by atoms with Crippen LogP contribution in [0.3, 0.4) is 0 Å². The maximum atomic E-state index is 9.94. The molecule has 0 aromatic rings. The van der Waals surface area contributed by atoms with E-state index >= 15 is 0 Å². The summed E-state index contributed by atoms with van der Waals surface area (Å²) < 4.78 is 0. The number of nitro groups is 1. The molecule has 0 radical (unpaired) electrons. The van der Waals surface area contributed by atoms with E-state index in [4.69, 9.17) is 5.73 Å². The van der Waals surface area contributed by atoms with Gasteiger partial charge < -0.3 is 5.73 Å². The lowest BCUT2D eigenvalue weighted by Gasteiger charge is -1.96. The number of hydrogen-bond acceptors (Lipinski definition) is 3. The number of nitrogens with two attached hydrogens (primary N) is 1. The SMILES string of the molecule is CC(C/C=C/N)[N+](=O)[O-]. The van der Waals surface area contributed by atoms with E-state index in [1.54, 1.807) is 13.0 Å². The molecule has 0 bridgehead atoms. The first-order valence-electron chi connectivity index (χ1n) is 2.68. The second-order valence-electron chi connectivity index (χ2n) is 1.80. The van der Waals surface area contributed by atoms with E-state index in [0.717, 1.165) is 0 Å². The first-order valence-corrected chi connectivity index (χ1v) is 2.68. The van der Waals surface area contributed by atoms with Gasteiger partial charge in [-0.25, -0.2) is 0 Å². The van der Waals surface area contributed by atoms with Gasteiger partial charge in [0.2, 0.25) is 6.04 Å². The fraction of sp³-hybridized carbons (Fsp3) is 0.600. The molecule has 0 aliphatic rings. The Kier molecular flexibility index (Phi) is 3.43. The van der Waals surface area contributed by atoms with Crippen LogP contribution in [-0.2, 0) is 0 Å². The molecule has 1 unspecified atom stereocenters. The third kappa shape index (κ3) is 3.52. The monoisotopic (exact) mass is 130 g/mol. The predicted octanol–water partition coefficient (Wildman–Crippen LogP) is 0.514. The van der Waals surface area contributed by atoms with Crippen LogP contribution in [0, 0.1) is 10.1 Å². The molecule has 0 aliphatic heterocycles. The molecule has 0 aromatic carbocycles. The van der Waals surface area contributed by atoms with Crippen LogP contribution in [0.5, 0.6) is 0 Å². The fourth-order valence-electron chi connectivity index (χ4n) is 0.362. The standard InChI is InChI=1S/C5H10N2O2/c1-5(7(8)9)3-2-4-6/h2,4-5H,3,6H2,1H3/b4-2+. The van der Waals surface area contributed by atoms with Gasteiger partial charge in [0, 0.05) is 18.3 Å². The second kappa shape index (κ2) is 3.88. The van der Waals surface area contributed by atoms with E-state index in [2.05, 4.69) is 0 Å². The van der Waals surface area contributed by atoms with Gasteiger partial charge in [-0.05, 0) is 6.20 Å². The van der Waals surface area contributed by atoms with Crippen molar-refractivity contribution in [2.75, 3.05) is 0 Å². The molecule has 9 heavy (non-hydrogen) atoms. The van der Waals surface area contributed by atoms with Crippen molar-refractivity contribution < 1.29 is 4.92 Å². The van der Waals surface area contributed by atoms with E-state index in [1.165, 1.54) is 6.20 Å². The van der Waals surface area contributed by atoms with Crippen molar-refractivity contribution in [3.8, 4) is 0 Å².